The number of fused-ring (bicyclic) bond motifs is 2. The van der Waals surface area contributed by atoms with Crippen molar-refractivity contribution < 1.29 is 24.2 Å². The fourth-order valence-electron chi connectivity index (χ4n) is 4.24. The Hall–Kier alpha value is -4.54. The summed E-state index contributed by atoms with van der Waals surface area (Å²) in [7, 11) is 1.47. The van der Waals surface area contributed by atoms with Crippen molar-refractivity contribution in [1.29, 1.82) is 0 Å². The number of benzene rings is 2. The predicted octanol–water partition coefficient (Wildman–Crippen LogP) is 4.21. The Bertz CT molecular complexity index is 1500. The van der Waals surface area contributed by atoms with Crippen LogP contribution in [0.4, 0.5) is 10.5 Å². The molecule has 11 nitrogen and oxygen atoms in total. The Kier molecular flexibility index (Phi) is 5.98. The summed E-state index contributed by atoms with van der Waals surface area (Å²) in [6, 6.07) is 8.64. The fraction of sp³-hybridized carbons (Fsp3) is 0.308. The van der Waals surface area contributed by atoms with E-state index in [2.05, 4.69) is 25.5 Å². The number of H-pyrrole nitrogens is 2. The summed E-state index contributed by atoms with van der Waals surface area (Å²) in [5, 5.41) is 19.9. The number of carbonyl (C=O) groups is 2. The van der Waals surface area contributed by atoms with E-state index >= 15 is 0 Å². The number of phenolic OH excluding ortho intramolecular Hbond substituents is 1. The molecule has 3 heterocycles. The van der Waals surface area contributed by atoms with Crippen LogP contribution in [0.15, 0.2) is 36.5 Å². The zero-order chi connectivity index (χ0) is 26.3. The molecule has 4 N–H and O–H groups in total. The first-order valence-electron chi connectivity index (χ1n) is 11.8. The maximum absolute atomic E-state index is 13.1. The third kappa shape index (κ3) is 4.92. The van der Waals surface area contributed by atoms with E-state index in [9.17, 15) is 14.7 Å². The van der Waals surface area contributed by atoms with E-state index in [1.807, 2.05) is 26.8 Å². The summed E-state index contributed by atoms with van der Waals surface area (Å²) >= 11 is 0. The summed E-state index contributed by atoms with van der Waals surface area (Å²) in [5.41, 5.74) is 3.99. The lowest BCUT2D eigenvalue weighted by Crippen LogP contribution is -2.40. The molecule has 11 heteroatoms. The molecule has 37 heavy (non-hydrogen) atoms. The molecule has 5 rings (SSSR count). The lowest BCUT2D eigenvalue weighted by atomic mass is 9.97. The Morgan fingerprint density at radius 2 is 1.97 bits per heavy atom. The minimum Gasteiger partial charge on any atom is -0.504 e. The normalized spacial score (nSPS) is 13.4. The van der Waals surface area contributed by atoms with Gasteiger partial charge in [-0.1, -0.05) is 6.07 Å². The molecule has 0 spiro atoms. The number of nitrogens with one attached hydrogen (secondary N) is 3. The maximum atomic E-state index is 13.1. The molecule has 0 unspecified atom stereocenters. The lowest BCUT2D eigenvalue weighted by Gasteiger charge is -2.31. The highest BCUT2D eigenvalue weighted by molar-refractivity contribution is 6.06. The largest absolute Gasteiger partial charge is 0.504 e. The SMILES string of the molecule is COc1cc2nc(-c3[nH]ncc3NC(=O)c3ccc4c(c3)CN(C(=O)OC(C)(C)C)CC4)[nH]c2cc1O. The van der Waals surface area contributed by atoms with Gasteiger partial charge in [0.1, 0.15) is 11.3 Å². The highest BCUT2D eigenvalue weighted by Gasteiger charge is 2.26. The molecule has 1 aliphatic heterocycles. The van der Waals surface area contributed by atoms with Gasteiger partial charge in [-0.3, -0.25) is 9.89 Å². The summed E-state index contributed by atoms with van der Waals surface area (Å²) in [4.78, 5) is 35.0. The number of rotatable bonds is 4. The Morgan fingerprint density at radius 1 is 1.16 bits per heavy atom. The first kappa shape index (κ1) is 24.2. The predicted molar refractivity (Wildman–Crippen MR) is 137 cm³/mol. The number of methoxy groups -OCH3 is 1. The molecule has 2 aromatic heterocycles. The quantitative estimate of drug-likeness (QED) is 0.326. The molecular weight excluding hydrogens is 476 g/mol. The topological polar surface area (TPSA) is 145 Å². The summed E-state index contributed by atoms with van der Waals surface area (Å²) < 4.78 is 10.7. The second-order valence-electron chi connectivity index (χ2n) is 9.87. The Balaban J connectivity index is 1.35. The number of aromatic nitrogens is 4. The second-order valence-corrected chi connectivity index (χ2v) is 9.87. The van der Waals surface area contributed by atoms with Crippen LogP contribution < -0.4 is 10.1 Å². The molecule has 0 fully saturated rings. The molecule has 2 aromatic carbocycles. The molecule has 2 amide bonds. The average Bonchev–Trinajstić information content (AvgIpc) is 3.47. The minimum absolute atomic E-state index is 0.0130. The van der Waals surface area contributed by atoms with Crippen LogP contribution in [0.3, 0.4) is 0 Å². The van der Waals surface area contributed by atoms with Crippen LogP contribution in [0.1, 0.15) is 42.3 Å². The monoisotopic (exact) mass is 504 g/mol. The van der Waals surface area contributed by atoms with Gasteiger partial charge >= 0.3 is 6.09 Å². The number of anilines is 1. The van der Waals surface area contributed by atoms with Gasteiger partial charge in [-0.05, 0) is 50.5 Å². The van der Waals surface area contributed by atoms with Crippen molar-refractivity contribution in [3.63, 3.8) is 0 Å². The molecule has 0 saturated carbocycles. The Morgan fingerprint density at radius 3 is 2.73 bits per heavy atom. The molecule has 0 aliphatic carbocycles. The average molecular weight is 505 g/mol. The van der Waals surface area contributed by atoms with E-state index in [0.29, 0.717) is 59.1 Å². The molecule has 0 radical (unpaired) electrons. The van der Waals surface area contributed by atoms with Crippen LogP contribution in [0.2, 0.25) is 0 Å². The van der Waals surface area contributed by atoms with Gasteiger partial charge in [0.15, 0.2) is 17.3 Å². The number of hydrogen-bond acceptors (Lipinski definition) is 7. The van der Waals surface area contributed by atoms with E-state index in [-0.39, 0.29) is 17.7 Å². The summed E-state index contributed by atoms with van der Waals surface area (Å²) in [6.45, 7) is 6.44. The van der Waals surface area contributed by atoms with Crippen LogP contribution in [0.25, 0.3) is 22.6 Å². The highest BCUT2D eigenvalue weighted by atomic mass is 16.6. The number of nitrogens with zero attached hydrogens (tertiary/aromatic N) is 3. The van der Waals surface area contributed by atoms with Crippen LogP contribution in [-0.4, -0.2) is 61.4 Å². The molecular formula is C26H28N6O5. The zero-order valence-corrected chi connectivity index (χ0v) is 21.0. The van der Waals surface area contributed by atoms with Gasteiger partial charge in [0.2, 0.25) is 0 Å². The number of carbonyl (C=O) groups excluding carboxylic acids is 2. The van der Waals surface area contributed by atoms with Gasteiger partial charge in [-0.2, -0.15) is 5.10 Å². The van der Waals surface area contributed by atoms with E-state index in [4.69, 9.17) is 9.47 Å². The van der Waals surface area contributed by atoms with Crippen molar-refractivity contribution in [3.8, 4) is 23.0 Å². The van der Waals surface area contributed by atoms with Crippen molar-refractivity contribution >= 4 is 28.7 Å². The van der Waals surface area contributed by atoms with Gasteiger partial charge in [0.25, 0.3) is 5.91 Å². The minimum atomic E-state index is -0.576. The van der Waals surface area contributed by atoms with E-state index in [1.165, 1.54) is 19.4 Å². The van der Waals surface area contributed by atoms with E-state index < -0.39 is 5.60 Å². The van der Waals surface area contributed by atoms with Crippen molar-refractivity contribution in [1.82, 2.24) is 25.1 Å². The van der Waals surface area contributed by atoms with Gasteiger partial charge in [-0.15, -0.1) is 0 Å². The van der Waals surface area contributed by atoms with Gasteiger partial charge in [-0.25, -0.2) is 9.78 Å². The number of aromatic amines is 2. The van der Waals surface area contributed by atoms with Crippen LogP contribution >= 0.6 is 0 Å². The summed E-state index contributed by atoms with van der Waals surface area (Å²) in [5.74, 6) is 0.409. The van der Waals surface area contributed by atoms with Crippen molar-refractivity contribution in [2.24, 2.45) is 0 Å². The van der Waals surface area contributed by atoms with Gasteiger partial charge in [0, 0.05) is 30.8 Å². The van der Waals surface area contributed by atoms with Crippen molar-refractivity contribution in [2.75, 3.05) is 19.0 Å². The molecule has 0 atom stereocenters. The van der Waals surface area contributed by atoms with Crippen molar-refractivity contribution in [2.45, 2.75) is 39.3 Å². The fourth-order valence-corrected chi connectivity index (χ4v) is 4.24. The smallest absolute Gasteiger partial charge is 0.410 e. The zero-order valence-electron chi connectivity index (χ0n) is 21.0. The molecule has 1 aliphatic rings. The number of hydrogen-bond donors (Lipinski definition) is 4. The third-order valence-corrected chi connectivity index (χ3v) is 6.04. The lowest BCUT2D eigenvalue weighted by molar-refractivity contribution is 0.0224. The highest BCUT2D eigenvalue weighted by Crippen LogP contribution is 2.33. The number of amides is 2. The number of aromatic hydroxyl groups is 1. The summed E-state index contributed by atoms with van der Waals surface area (Å²) in [6.07, 6.45) is 1.82. The first-order chi connectivity index (χ1) is 17.6. The maximum Gasteiger partial charge on any atom is 0.410 e. The van der Waals surface area contributed by atoms with E-state index in [1.54, 1.807) is 23.1 Å². The van der Waals surface area contributed by atoms with Crippen LogP contribution in [-0.2, 0) is 17.7 Å². The first-order valence-corrected chi connectivity index (χ1v) is 11.8. The molecule has 4 aromatic rings. The van der Waals surface area contributed by atoms with Gasteiger partial charge in [0.05, 0.1) is 30.0 Å². The number of imidazole rings is 1. The standard InChI is InChI=1S/C26H28N6O5/c1-26(2,3)37-25(35)32-8-7-14-5-6-15(9-16(14)13-32)24(34)30-19-12-27-31-22(19)23-28-17-10-20(33)21(36-4)11-18(17)29-23/h5-6,9-12,33H,7-8,13H2,1-4H3,(H,27,31)(H,28,29)(H,30,34). The molecule has 192 valence electrons. The van der Waals surface area contributed by atoms with Crippen LogP contribution in [0.5, 0.6) is 11.5 Å². The number of ether oxygens (including phenoxy) is 2. The third-order valence-electron chi connectivity index (χ3n) is 6.04. The second kappa shape index (κ2) is 9.16. The molecule has 0 bridgehead atoms. The van der Waals surface area contributed by atoms with Crippen molar-refractivity contribution in [3.05, 3.63) is 53.2 Å². The Labute approximate surface area is 212 Å². The number of phenols is 1. The molecule has 0 saturated heterocycles. The van der Waals surface area contributed by atoms with E-state index in [0.717, 1.165) is 11.1 Å². The van der Waals surface area contributed by atoms with Crippen LogP contribution in [0, 0.1) is 0 Å². The van der Waals surface area contributed by atoms with Gasteiger partial charge < -0.3 is 29.8 Å².